The summed E-state index contributed by atoms with van der Waals surface area (Å²) in [6, 6.07) is 0. The maximum atomic E-state index is 10.9. The van der Waals surface area contributed by atoms with E-state index < -0.39 is 24.3 Å². The summed E-state index contributed by atoms with van der Waals surface area (Å²) in [5.74, 6) is -1.08. The predicted octanol–water partition coefficient (Wildman–Crippen LogP) is 1.05. The third-order valence-electron chi connectivity index (χ3n) is 1.96. The minimum absolute atomic E-state index is 0.523. The van der Waals surface area contributed by atoms with E-state index in [0.29, 0.717) is 4.88 Å². The summed E-state index contributed by atoms with van der Waals surface area (Å²) >= 11 is 1.21. The number of carboxylic acids is 1. The average Bonchev–Trinajstić information content (AvgIpc) is 2.65. The van der Waals surface area contributed by atoms with Gasteiger partial charge in [0.15, 0.2) is 6.10 Å². The van der Waals surface area contributed by atoms with Crippen molar-refractivity contribution in [2.24, 2.45) is 0 Å². The Morgan fingerprint density at radius 2 is 2.27 bits per heavy atom. The molecule has 1 aromatic rings. The number of aromatic nitrogens is 1. The molecule has 5 nitrogen and oxygen atoms in total. The Morgan fingerprint density at radius 3 is 2.67 bits per heavy atom. The molecule has 0 aliphatic rings. The molecule has 1 heterocycles. The third-order valence-corrected chi connectivity index (χ3v) is 2.78. The van der Waals surface area contributed by atoms with Gasteiger partial charge in [-0.1, -0.05) is 0 Å². The molecule has 0 fully saturated rings. The van der Waals surface area contributed by atoms with Crippen LogP contribution in [0.4, 0.5) is 0 Å². The molecule has 15 heavy (non-hydrogen) atoms. The molecule has 0 radical (unpaired) electrons. The number of hydrogen-bond acceptors (Lipinski definition) is 5. The molecule has 3 unspecified atom stereocenters. The Hall–Kier alpha value is -0.980. The quantitative estimate of drug-likeness (QED) is 0.792. The largest absolute Gasteiger partial charge is 0.479 e. The van der Waals surface area contributed by atoms with Crippen LogP contribution in [0.15, 0.2) is 11.7 Å². The SMILES string of the molecule is CC(O)C(C)OC(C(=O)O)c1cncs1. The van der Waals surface area contributed by atoms with Crippen molar-refractivity contribution in [1.82, 2.24) is 4.98 Å². The number of ether oxygens (including phenoxy) is 1. The van der Waals surface area contributed by atoms with Crippen molar-refractivity contribution in [2.45, 2.75) is 32.2 Å². The minimum atomic E-state index is -1.08. The lowest BCUT2D eigenvalue weighted by molar-refractivity contribution is -0.158. The first-order valence-corrected chi connectivity index (χ1v) is 5.35. The maximum absolute atomic E-state index is 10.9. The molecule has 2 N–H and O–H groups in total. The van der Waals surface area contributed by atoms with Crippen LogP contribution in [0, 0.1) is 0 Å². The number of carbonyl (C=O) groups is 1. The summed E-state index contributed by atoms with van der Waals surface area (Å²) in [5.41, 5.74) is 1.54. The molecule has 3 atom stereocenters. The molecule has 0 saturated heterocycles. The van der Waals surface area contributed by atoms with Crippen LogP contribution in [0.1, 0.15) is 24.8 Å². The minimum Gasteiger partial charge on any atom is -0.479 e. The van der Waals surface area contributed by atoms with Gasteiger partial charge >= 0.3 is 5.97 Å². The van der Waals surface area contributed by atoms with E-state index in [1.807, 2.05) is 0 Å². The van der Waals surface area contributed by atoms with E-state index >= 15 is 0 Å². The van der Waals surface area contributed by atoms with Crippen molar-refractivity contribution in [3.05, 3.63) is 16.6 Å². The molecular weight excluding hydrogens is 218 g/mol. The number of carboxylic acid groups (broad SMARTS) is 1. The fraction of sp³-hybridized carbons (Fsp3) is 0.556. The van der Waals surface area contributed by atoms with Crippen molar-refractivity contribution in [1.29, 1.82) is 0 Å². The molecule has 0 saturated carbocycles. The van der Waals surface area contributed by atoms with Crippen molar-refractivity contribution in [3.63, 3.8) is 0 Å². The monoisotopic (exact) mass is 231 g/mol. The Balaban J connectivity index is 2.72. The van der Waals surface area contributed by atoms with Crippen LogP contribution >= 0.6 is 11.3 Å². The van der Waals surface area contributed by atoms with Gasteiger partial charge in [0.05, 0.1) is 22.6 Å². The van der Waals surface area contributed by atoms with Crippen molar-refractivity contribution < 1.29 is 19.7 Å². The topological polar surface area (TPSA) is 79.7 Å². The maximum Gasteiger partial charge on any atom is 0.338 e. The van der Waals surface area contributed by atoms with Crippen molar-refractivity contribution in [3.8, 4) is 0 Å². The van der Waals surface area contributed by atoms with E-state index in [-0.39, 0.29) is 0 Å². The molecule has 0 aliphatic heterocycles. The Labute approximate surface area is 91.3 Å². The first-order valence-electron chi connectivity index (χ1n) is 4.47. The highest BCUT2D eigenvalue weighted by Gasteiger charge is 2.26. The lowest BCUT2D eigenvalue weighted by atomic mass is 10.2. The molecule has 0 aromatic carbocycles. The fourth-order valence-electron chi connectivity index (χ4n) is 0.930. The van der Waals surface area contributed by atoms with Crippen LogP contribution in [0.25, 0.3) is 0 Å². The second-order valence-corrected chi connectivity index (χ2v) is 4.12. The number of aliphatic hydroxyl groups is 1. The number of thiazole rings is 1. The molecule has 0 aliphatic carbocycles. The summed E-state index contributed by atoms with van der Waals surface area (Å²) in [4.78, 5) is 15.2. The average molecular weight is 231 g/mol. The zero-order valence-electron chi connectivity index (χ0n) is 8.45. The highest BCUT2D eigenvalue weighted by Crippen LogP contribution is 2.23. The molecule has 1 aromatic heterocycles. The van der Waals surface area contributed by atoms with Gasteiger partial charge in [-0.2, -0.15) is 0 Å². The lowest BCUT2D eigenvalue weighted by Crippen LogP contribution is -2.27. The first kappa shape index (κ1) is 12.1. The van der Waals surface area contributed by atoms with E-state index in [2.05, 4.69) is 4.98 Å². The van der Waals surface area contributed by atoms with Crippen LogP contribution in [-0.2, 0) is 9.53 Å². The van der Waals surface area contributed by atoms with Crippen LogP contribution in [0.3, 0.4) is 0 Å². The summed E-state index contributed by atoms with van der Waals surface area (Å²) in [6.45, 7) is 3.18. The van der Waals surface area contributed by atoms with Gasteiger partial charge in [0.25, 0.3) is 0 Å². The number of aliphatic hydroxyl groups excluding tert-OH is 1. The second kappa shape index (κ2) is 5.20. The Bertz CT molecular complexity index is 312. The van der Waals surface area contributed by atoms with Crippen LogP contribution in [-0.4, -0.2) is 33.4 Å². The zero-order valence-corrected chi connectivity index (χ0v) is 9.27. The van der Waals surface area contributed by atoms with E-state index in [1.165, 1.54) is 17.5 Å². The van der Waals surface area contributed by atoms with E-state index in [9.17, 15) is 9.90 Å². The van der Waals surface area contributed by atoms with Crippen molar-refractivity contribution >= 4 is 17.3 Å². The van der Waals surface area contributed by atoms with Gasteiger partial charge < -0.3 is 14.9 Å². The number of aliphatic carboxylic acids is 1. The molecule has 6 heteroatoms. The van der Waals surface area contributed by atoms with Gasteiger partial charge in [-0.05, 0) is 13.8 Å². The highest BCUT2D eigenvalue weighted by atomic mass is 32.1. The number of nitrogens with zero attached hydrogens (tertiary/aromatic N) is 1. The lowest BCUT2D eigenvalue weighted by Gasteiger charge is -2.20. The second-order valence-electron chi connectivity index (χ2n) is 3.20. The van der Waals surface area contributed by atoms with E-state index in [1.54, 1.807) is 19.4 Å². The van der Waals surface area contributed by atoms with Crippen LogP contribution < -0.4 is 0 Å². The first-order chi connectivity index (χ1) is 7.02. The van der Waals surface area contributed by atoms with Gasteiger partial charge in [0.2, 0.25) is 0 Å². The molecule has 84 valence electrons. The summed E-state index contributed by atoms with van der Waals surface area (Å²) in [7, 11) is 0. The van der Waals surface area contributed by atoms with E-state index in [4.69, 9.17) is 9.84 Å². The molecule has 0 bridgehead atoms. The van der Waals surface area contributed by atoms with Gasteiger partial charge in [0, 0.05) is 6.20 Å². The standard InChI is InChI=1S/C9H13NO4S/c1-5(11)6(2)14-8(9(12)13)7-3-10-4-15-7/h3-6,8,11H,1-2H3,(H,12,13). The summed E-state index contributed by atoms with van der Waals surface area (Å²) in [5, 5.41) is 18.2. The molecule has 1 rings (SSSR count). The van der Waals surface area contributed by atoms with Crippen LogP contribution in [0.5, 0.6) is 0 Å². The molecule has 0 amide bonds. The normalized spacial score (nSPS) is 17.0. The fourth-order valence-corrected chi connectivity index (χ4v) is 1.58. The summed E-state index contributed by atoms with van der Waals surface area (Å²) in [6.07, 6.45) is -0.840. The van der Waals surface area contributed by atoms with Gasteiger partial charge in [0.1, 0.15) is 0 Å². The highest BCUT2D eigenvalue weighted by molar-refractivity contribution is 7.09. The Morgan fingerprint density at radius 1 is 1.60 bits per heavy atom. The zero-order chi connectivity index (χ0) is 11.4. The predicted molar refractivity (Wildman–Crippen MR) is 54.7 cm³/mol. The third kappa shape index (κ3) is 3.26. The van der Waals surface area contributed by atoms with Crippen LogP contribution in [0.2, 0.25) is 0 Å². The molecular formula is C9H13NO4S. The van der Waals surface area contributed by atoms with Gasteiger partial charge in [-0.15, -0.1) is 11.3 Å². The van der Waals surface area contributed by atoms with Gasteiger partial charge in [-0.3, -0.25) is 4.98 Å². The number of rotatable bonds is 5. The summed E-state index contributed by atoms with van der Waals surface area (Å²) < 4.78 is 5.24. The van der Waals surface area contributed by atoms with Gasteiger partial charge in [-0.25, -0.2) is 4.79 Å². The number of hydrogen-bond donors (Lipinski definition) is 2. The van der Waals surface area contributed by atoms with Crippen molar-refractivity contribution in [2.75, 3.05) is 0 Å². The van der Waals surface area contributed by atoms with E-state index in [0.717, 1.165) is 0 Å². The Kier molecular flexibility index (Phi) is 4.19. The smallest absolute Gasteiger partial charge is 0.338 e. The molecule has 0 spiro atoms.